The van der Waals surface area contributed by atoms with E-state index in [2.05, 4.69) is 5.10 Å². The van der Waals surface area contributed by atoms with Gasteiger partial charge >= 0.3 is 7.82 Å². The molecule has 0 atom stereocenters. The van der Waals surface area contributed by atoms with Crippen molar-refractivity contribution in [3.8, 4) is 5.88 Å². The second-order valence-electron chi connectivity index (χ2n) is 5.36. The Labute approximate surface area is 141 Å². The van der Waals surface area contributed by atoms with Crippen molar-refractivity contribution in [1.29, 1.82) is 0 Å². The van der Waals surface area contributed by atoms with Crippen molar-refractivity contribution in [3.63, 3.8) is 0 Å². The Hall–Kier alpha value is -0.600. The fraction of sp³-hybridized carbons (Fsp3) is 0.750. The molecule has 0 aliphatic heterocycles. The molecule has 1 rings (SSSR count). The first-order valence-electron chi connectivity index (χ1n) is 7.02. The van der Waals surface area contributed by atoms with Gasteiger partial charge in [-0.2, -0.15) is 0 Å². The predicted molar refractivity (Wildman–Crippen MR) is 86.7 cm³/mol. The number of hydrogen-bond acceptors (Lipinski definition) is 7. The van der Waals surface area contributed by atoms with Crippen LogP contribution in [0.5, 0.6) is 5.88 Å². The topological polar surface area (TPSA) is 96.7 Å². The Morgan fingerprint density at radius 1 is 1.22 bits per heavy atom. The minimum Gasteiger partial charge on any atom is -0.382 e. The van der Waals surface area contributed by atoms with Crippen LogP contribution < -0.4 is 4.52 Å². The van der Waals surface area contributed by atoms with Crippen LogP contribution in [0.15, 0.2) is 5.03 Å². The van der Waals surface area contributed by atoms with Gasteiger partial charge in [-0.25, -0.2) is 17.7 Å². The van der Waals surface area contributed by atoms with E-state index in [1.165, 1.54) is 0 Å². The molecule has 0 amide bonds. The lowest BCUT2D eigenvalue weighted by atomic mass is 10.5. The SMILES string of the molecule is CCn1nc(OP(=O)(OC(C)C)OC(C)C)c(Cl)c1S(C)(=O)=O. The molecule has 23 heavy (non-hydrogen) atoms. The average molecular weight is 389 g/mol. The number of nitrogens with zero attached hydrogens (tertiary/aromatic N) is 2. The largest absolute Gasteiger partial charge is 0.531 e. The number of halogens is 1. The molecule has 0 saturated heterocycles. The summed E-state index contributed by atoms with van der Waals surface area (Å²) >= 11 is 6.05. The molecular weight excluding hydrogens is 367 g/mol. The number of rotatable bonds is 8. The monoisotopic (exact) mass is 388 g/mol. The van der Waals surface area contributed by atoms with E-state index >= 15 is 0 Å². The van der Waals surface area contributed by atoms with Gasteiger partial charge in [-0.15, -0.1) is 5.10 Å². The minimum atomic E-state index is -4.00. The van der Waals surface area contributed by atoms with Gasteiger partial charge in [-0.05, 0) is 34.6 Å². The van der Waals surface area contributed by atoms with Gasteiger partial charge in [-0.1, -0.05) is 11.6 Å². The highest BCUT2D eigenvalue weighted by Gasteiger charge is 2.35. The van der Waals surface area contributed by atoms with Gasteiger partial charge in [0.2, 0.25) is 0 Å². The predicted octanol–water partition coefficient (Wildman–Crippen LogP) is 3.30. The zero-order valence-electron chi connectivity index (χ0n) is 13.9. The van der Waals surface area contributed by atoms with Gasteiger partial charge in [0.05, 0.1) is 12.2 Å². The molecule has 1 heterocycles. The molecule has 0 N–H and O–H groups in total. The highest BCUT2D eigenvalue weighted by Crippen LogP contribution is 2.53. The maximum absolute atomic E-state index is 12.7. The van der Waals surface area contributed by atoms with Crippen LogP contribution in [-0.2, 0) is 30.0 Å². The summed E-state index contributed by atoms with van der Waals surface area (Å²) in [7, 11) is -7.64. The van der Waals surface area contributed by atoms with E-state index in [9.17, 15) is 13.0 Å². The molecule has 0 fully saturated rings. The summed E-state index contributed by atoms with van der Waals surface area (Å²) in [5.41, 5.74) is 0. The molecule has 0 saturated carbocycles. The van der Waals surface area contributed by atoms with Gasteiger partial charge in [-0.3, -0.25) is 9.05 Å². The van der Waals surface area contributed by atoms with E-state index in [0.29, 0.717) is 0 Å². The van der Waals surface area contributed by atoms with Crippen LogP contribution in [-0.4, -0.2) is 36.7 Å². The Bertz CT molecular complexity index is 687. The fourth-order valence-corrected chi connectivity index (χ4v) is 4.84. The van der Waals surface area contributed by atoms with Crippen molar-refractivity contribution in [2.45, 2.75) is 58.4 Å². The normalized spacial score (nSPS) is 13.1. The Balaban J connectivity index is 3.30. The third-order valence-corrected chi connectivity index (χ3v) is 5.68. The molecular formula is C12H22ClN2O6PS. The second kappa shape index (κ2) is 7.53. The molecule has 134 valence electrons. The zero-order chi connectivity index (χ0) is 18.0. The highest BCUT2D eigenvalue weighted by atomic mass is 35.5. The summed E-state index contributed by atoms with van der Waals surface area (Å²) in [5, 5.41) is 3.48. The lowest BCUT2D eigenvalue weighted by Crippen LogP contribution is -2.12. The maximum atomic E-state index is 12.7. The van der Waals surface area contributed by atoms with Gasteiger partial charge < -0.3 is 4.52 Å². The quantitative estimate of drug-likeness (QED) is 0.630. The molecule has 0 bridgehead atoms. The standard InChI is InChI=1S/C12H22ClN2O6PS/c1-7-15-12(23(6,17)18)10(13)11(14-15)21-22(16,19-8(2)3)20-9(4)5/h8-9H,7H2,1-6H3. The summed E-state index contributed by atoms with van der Waals surface area (Å²) in [5.74, 6) is -0.307. The maximum Gasteiger partial charge on any atom is 0.531 e. The smallest absolute Gasteiger partial charge is 0.382 e. The van der Waals surface area contributed by atoms with Crippen LogP contribution in [0, 0.1) is 0 Å². The summed E-state index contributed by atoms with van der Waals surface area (Å²) in [4.78, 5) is 0. The van der Waals surface area contributed by atoms with Crippen LogP contribution >= 0.6 is 19.4 Å². The van der Waals surface area contributed by atoms with E-state index in [1.54, 1.807) is 34.6 Å². The van der Waals surface area contributed by atoms with Crippen molar-refractivity contribution >= 4 is 29.3 Å². The second-order valence-corrected chi connectivity index (χ2v) is 9.17. The summed E-state index contributed by atoms with van der Waals surface area (Å²) in [6.07, 6.45) is 0.114. The average Bonchev–Trinajstić information content (AvgIpc) is 2.62. The third-order valence-electron chi connectivity index (χ3n) is 2.35. The fourth-order valence-electron chi connectivity index (χ4n) is 1.72. The van der Waals surface area contributed by atoms with Crippen molar-refractivity contribution in [2.24, 2.45) is 0 Å². The van der Waals surface area contributed by atoms with E-state index in [-0.39, 0.29) is 22.5 Å². The minimum absolute atomic E-state index is 0.211. The first kappa shape index (κ1) is 20.4. The Kier molecular flexibility index (Phi) is 6.69. The van der Waals surface area contributed by atoms with E-state index < -0.39 is 29.9 Å². The lowest BCUT2D eigenvalue weighted by Gasteiger charge is -2.21. The highest BCUT2D eigenvalue weighted by molar-refractivity contribution is 7.90. The molecule has 8 nitrogen and oxygen atoms in total. The summed E-state index contributed by atoms with van der Waals surface area (Å²) < 4.78 is 53.2. The number of phosphoric ester groups is 1. The number of aromatic nitrogens is 2. The van der Waals surface area contributed by atoms with Crippen LogP contribution in [0.1, 0.15) is 34.6 Å². The van der Waals surface area contributed by atoms with Gasteiger partial charge in [0.15, 0.2) is 14.9 Å². The van der Waals surface area contributed by atoms with Gasteiger partial charge in [0.1, 0.15) is 5.02 Å². The number of aryl methyl sites for hydroxylation is 1. The molecule has 0 unspecified atom stereocenters. The molecule has 1 aromatic heterocycles. The van der Waals surface area contributed by atoms with Crippen LogP contribution in [0.4, 0.5) is 0 Å². The first-order valence-corrected chi connectivity index (χ1v) is 10.8. The molecule has 0 aliphatic carbocycles. The Morgan fingerprint density at radius 2 is 1.70 bits per heavy atom. The molecule has 0 aromatic carbocycles. The lowest BCUT2D eigenvalue weighted by molar-refractivity contribution is 0.102. The molecule has 0 aliphatic rings. The molecule has 1 aromatic rings. The number of phosphoric acid groups is 1. The van der Waals surface area contributed by atoms with E-state index in [0.717, 1.165) is 10.9 Å². The molecule has 11 heteroatoms. The van der Waals surface area contributed by atoms with Crippen molar-refractivity contribution in [1.82, 2.24) is 9.78 Å². The van der Waals surface area contributed by atoms with Crippen molar-refractivity contribution < 1.29 is 26.6 Å². The number of hydrogen-bond donors (Lipinski definition) is 0. The van der Waals surface area contributed by atoms with Crippen molar-refractivity contribution in [3.05, 3.63) is 5.02 Å². The first-order chi connectivity index (χ1) is 10.4. The summed E-state index contributed by atoms with van der Waals surface area (Å²) in [6.45, 7) is 8.58. The molecule has 0 spiro atoms. The van der Waals surface area contributed by atoms with Crippen LogP contribution in [0.3, 0.4) is 0 Å². The molecule has 0 radical (unpaired) electrons. The van der Waals surface area contributed by atoms with Crippen LogP contribution in [0.2, 0.25) is 5.02 Å². The Morgan fingerprint density at radius 3 is 2.00 bits per heavy atom. The number of sulfone groups is 1. The van der Waals surface area contributed by atoms with E-state index in [1.807, 2.05) is 0 Å². The third kappa shape index (κ3) is 5.46. The van der Waals surface area contributed by atoms with Gasteiger partial charge in [0, 0.05) is 12.8 Å². The van der Waals surface area contributed by atoms with E-state index in [4.69, 9.17) is 25.2 Å². The summed E-state index contributed by atoms with van der Waals surface area (Å²) in [6, 6.07) is 0. The van der Waals surface area contributed by atoms with Crippen molar-refractivity contribution in [2.75, 3.05) is 6.26 Å². The zero-order valence-corrected chi connectivity index (χ0v) is 16.4. The van der Waals surface area contributed by atoms with Gasteiger partial charge in [0.25, 0.3) is 5.88 Å². The van der Waals surface area contributed by atoms with Crippen LogP contribution in [0.25, 0.3) is 0 Å².